The summed E-state index contributed by atoms with van der Waals surface area (Å²) in [5.41, 5.74) is 1.53. The van der Waals surface area contributed by atoms with Crippen LogP contribution in [0.1, 0.15) is 30.9 Å². The normalized spacial score (nSPS) is 11.8. The molecule has 2 aromatic rings. The van der Waals surface area contributed by atoms with E-state index in [4.69, 9.17) is 4.74 Å². The van der Waals surface area contributed by atoms with Crippen LogP contribution in [0.5, 0.6) is 5.75 Å². The van der Waals surface area contributed by atoms with E-state index >= 15 is 0 Å². The SMILES string of the molecule is CC(C)COc1ccc(CC(=O)NCC(C(=O)O)c2ccccc2)cc1. The van der Waals surface area contributed by atoms with Gasteiger partial charge in [0.05, 0.1) is 18.9 Å². The second-order valence-electron chi connectivity index (χ2n) is 6.63. The first-order valence-corrected chi connectivity index (χ1v) is 8.72. The molecule has 2 rings (SSSR count). The van der Waals surface area contributed by atoms with E-state index < -0.39 is 11.9 Å². The summed E-state index contributed by atoms with van der Waals surface area (Å²) in [7, 11) is 0. The zero-order chi connectivity index (χ0) is 18.9. The highest BCUT2D eigenvalue weighted by Gasteiger charge is 2.20. The second-order valence-corrected chi connectivity index (χ2v) is 6.63. The number of aliphatic carboxylic acids is 1. The Bertz CT molecular complexity index is 711. The minimum atomic E-state index is -0.955. The number of hydrogen-bond donors (Lipinski definition) is 2. The minimum Gasteiger partial charge on any atom is -0.493 e. The summed E-state index contributed by atoms with van der Waals surface area (Å²) >= 11 is 0. The molecule has 1 atom stereocenters. The summed E-state index contributed by atoms with van der Waals surface area (Å²) in [6, 6.07) is 16.3. The Morgan fingerprint density at radius 1 is 1.04 bits per heavy atom. The lowest BCUT2D eigenvalue weighted by Gasteiger charge is -2.14. The monoisotopic (exact) mass is 355 g/mol. The van der Waals surface area contributed by atoms with Gasteiger partial charge in [-0.15, -0.1) is 0 Å². The number of carbonyl (C=O) groups is 2. The largest absolute Gasteiger partial charge is 0.493 e. The molecule has 0 aliphatic rings. The Hall–Kier alpha value is -2.82. The number of amides is 1. The first-order valence-electron chi connectivity index (χ1n) is 8.72. The molecular formula is C21H25NO4. The summed E-state index contributed by atoms with van der Waals surface area (Å²) in [4.78, 5) is 23.6. The van der Waals surface area contributed by atoms with E-state index in [2.05, 4.69) is 19.2 Å². The van der Waals surface area contributed by atoms with Crippen molar-refractivity contribution in [1.82, 2.24) is 5.32 Å². The van der Waals surface area contributed by atoms with E-state index in [1.54, 1.807) is 24.3 Å². The van der Waals surface area contributed by atoms with E-state index in [1.165, 1.54) is 0 Å². The summed E-state index contributed by atoms with van der Waals surface area (Å²) in [6.45, 7) is 4.88. The van der Waals surface area contributed by atoms with Crippen LogP contribution in [0.15, 0.2) is 54.6 Å². The van der Waals surface area contributed by atoms with Gasteiger partial charge in [-0.2, -0.15) is 0 Å². The van der Waals surface area contributed by atoms with Gasteiger partial charge in [0.1, 0.15) is 5.75 Å². The highest BCUT2D eigenvalue weighted by atomic mass is 16.5. The van der Waals surface area contributed by atoms with Crippen molar-refractivity contribution < 1.29 is 19.4 Å². The lowest BCUT2D eigenvalue weighted by atomic mass is 9.99. The molecule has 0 bridgehead atoms. The molecular weight excluding hydrogens is 330 g/mol. The van der Waals surface area contributed by atoms with Crippen LogP contribution in [0.4, 0.5) is 0 Å². The minimum absolute atomic E-state index is 0.0633. The lowest BCUT2D eigenvalue weighted by Crippen LogP contribution is -2.32. The van der Waals surface area contributed by atoms with Crippen LogP contribution in [0.2, 0.25) is 0 Å². The summed E-state index contributed by atoms with van der Waals surface area (Å²) in [5, 5.41) is 12.1. The molecule has 2 aromatic carbocycles. The standard InChI is InChI=1S/C21H25NO4/c1-15(2)14-26-18-10-8-16(9-11-18)12-20(23)22-13-19(21(24)25)17-6-4-3-5-7-17/h3-11,15,19H,12-14H2,1-2H3,(H,22,23)(H,24,25). The average Bonchev–Trinajstić information content (AvgIpc) is 2.62. The smallest absolute Gasteiger partial charge is 0.312 e. The molecule has 0 fully saturated rings. The van der Waals surface area contributed by atoms with Crippen LogP contribution in [0, 0.1) is 5.92 Å². The second kappa shape index (κ2) is 9.61. The third-order valence-electron chi connectivity index (χ3n) is 3.87. The third-order valence-corrected chi connectivity index (χ3v) is 3.87. The van der Waals surface area contributed by atoms with E-state index in [0.717, 1.165) is 11.3 Å². The van der Waals surface area contributed by atoms with Crippen molar-refractivity contribution in [1.29, 1.82) is 0 Å². The first-order chi connectivity index (χ1) is 12.5. The number of carboxylic acids is 1. The zero-order valence-corrected chi connectivity index (χ0v) is 15.1. The van der Waals surface area contributed by atoms with E-state index in [-0.39, 0.29) is 18.9 Å². The maximum atomic E-state index is 12.1. The molecule has 0 spiro atoms. The number of ether oxygens (including phenoxy) is 1. The Morgan fingerprint density at radius 2 is 1.69 bits per heavy atom. The number of hydrogen-bond acceptors (Lipinski definition) is 3. The molecule has 0 aromatic heterocycles. The Morgan fingerprint density at radius 3 is 2.27 bits per heavy atom. The fourth-order valence-corrected chi connectivity index (χ4v) is 2.46. The lowest BCUT2D eigenvalue weighted by molar-refractivity contribution is -0.138. The zero-order valence-electron chi connectivity index (χ0n) is 15.1. The van der Waals surface area contributed by atoms with Crippen molar-refractivity contribution in [2.24, 2.45) is 5.92 Å². The molecule has 0 radical (unpaired) electrons. The maximum Gasteiger partial charge on any atom is 0.312 e. The number of benzene rings is 2. The molecule has 0 saturated carbocycles. The fourth-order valence-electron chi connectivity index (χ4n) is 2.46. The van der Waals surface area contributed by atoms with Crippen molar-refractivity contribution >= 4 is 11.9 Å². The number of nitrogens with one attached hydrogen (secondary N) is 1. The highest BCUT2D eigenvalue weighted by molar-refractivity contribution is 5.81. The van der Waals surface area contributed by atoms with E-state index in [0.29, 0.717) is 18.1 Å². The van der Waals surface area contributed by atoms with Gasteiger partial charge in [-0.05, 0) is 29.2 Å². The molecule has 0 aliphatic carbocycles. The van der Waals surface area contributed by atoms with Crippen LogP contribution in [-0.4, -0.2) is 30.1 Å². The van der Waals surface area contributed by atoms with Crippen LogP contribution in [0.25, 0.3) is 0 Å². The van der Waals surface area contributed by atoms with Gasteiger partial charge in [0.25, 0.3) is 0 Å². The number of carboxylic acid groups (broad SMARTS) is 1. The fraction of sp³-hybridized carbons (Fsp3) is 0.333. The molecule has 138 valence electrons. The van der Waals surface area contributed by atoms with Gasteiger partial charge >= 0.3 is 5.97 Å². The Labute approximate surface area is 154 Å². The summed E-state index contributed by atoms with van der Waals surface area (Å²) in [6.07, 6.45) is 0.200. The predicted octanol–water partition coefficient (Wildman–Crippen LogP) is 3.25. The highest BCUT2D eigenvalue weighted by Crippen LogP contribution is 2.16. The molecule has 5 heteroatoms. The molecule has 0 saturated heterocycles. The van der Waals surface area contributed by atoms with Crippen LogP contribution < -0.4 is 10.1 Å². The number of rotatable bonds is 9. The van der Waals surface area contributed by atoms with Crippen molar-refractivity contribution in [3.63, 3.8) is 0 Å². The Kier molecular flexibility index (Phi) is 7.21. The summed E-state index contributed by atoms with van der Waals surface area (Å²) < 4.78 is 5.62. The molecule has 5 nitrogen and oxygen atoms in total. The predicted molar refractivity (Wildman–Crippen MR) is 100 cm³/mol. The van der Waals surface area contributed by atoms with Gasteiger partial charge in [0.15, 0.2) is 0 Å². The summed E-state index contributed by atoms with van der Waals surface area (Å²) in [5.74, 6) is -0.691. The van der Waals surface area contributed by atoms with Gasteiger partial charge in [-0.25, -0.2) is 0 Å². The first kappa shape index (κ1) is 19.5. The topological polar surface area (TPSA) is 75.6 Å². The van der Waals surface area contributed by atoms with Crippen LogP contribution in [-0.2, 0) is 16.0 Å². The molecule has 2 N–H and O–H groups in total. The molecule has 26 heavy (non-hydrogen) atoms. The average molecular weight is 355 g/mol. The van der Waals surface area contributed by atoms with Crippen molar-refractivity contribution in [2.75, 3.05) is 13.2 Å². The van der Waals surface area contributed by atoms with Gasteiger partial charge in [-0.1, -0.05) is 56.3 Å². The molecule has 1 amide bonds. The van der Waals surface area contributed by atoms with Crippen molar-refractivity contribution in [2.45, 2.75) is 26.2 Å². The maximum absolute atomic E-state index is 12.1. The van der Waals surface area contributed by atoms with Gasteiger partial charge in [0, 0.05) is 6.54 Å². The van der Waals surface area contributed by atoms with Gasteiger partial charge < -0.3 is 15.2 Å². The quantitative estimate of drug-likeness (QED) is 0.724. The van der Waals surface area contributed by atoms with Gasteiger partial charge in [0.2, 0.25) is 5.91 Å². The van der Waals surface area contributed by atoms with Crippen LogP contribution in [0.3, 0.4) is 0 Å². The third kappa shape index (κ3) is 6.24. The van der Waals surface area contributed by atoms with Crippen LogP contribution >= 0.6 is 0 Å². The van der Waals surface area contributed by atoms with Gasteiger partial charge in [-0.3, -0.25) is 9.59 Å². The molecule has 0 heterocycles. The van der Waals surface area contributed by atoms with E-state index in [1.807, 2.05) is 30.3 Å². The van der Waals surface area contributed by atoms with Crippen molar-refractivity contribution in [3.05, 3.63) is 65.7 Å². The molecule has 1 unspecified atom stereocenters. The molecule has 0 aliphatic heterocycles. The van der Waals surface area contributed by atoms with E-state index in [9.17, 15) is 14.7 Å². The Balaban J connectivity index is 1.86. The number of carbonyl (C=O) groups excluding carboxylic acids is 1. The van der Waals surface area contributed by atoms with Crippen molar-refractivity contribution in [3.8, 4) is 5.75 Å².